The molecule has 3 rings (SSSR count). The van der Waals surface area contributed by atoms with Gasteiger partial charge in [-0.2, -0.15) is 0 Å². The zero-order valence-corrected chi connectivity index (χ0v) is 17.2. The Labute approximate surface area is 171 Å². The Hall–Kier alpha value is -1.46. The molecule has 0 N–H and O–H groups in total. The molecule has 2 aliphatic carbocycles. The molecule has 1 aromatic carbocycles. The number of halogens is 4. The van der Waals surface area contributed by atoms with Crippen LogP contribution in [0.5, 0.6) is 11.5 Å². The Morgan fingerprint density at radius 1 is 1.00 bits per heavy atom. The number of rotatable bonds is 7. The van der Waals surface area contributed by atoms with E-state index in [0.717, 1.165) is 49.7 Å². The van der Waals surface area contributed by atoms with Crippen molar-refractivity contribution in [1.29, 1.82) is 0 Å². The first-order valence-electron chi connectivity index (χ1n) is 11.0. The molecule has 2 fully saturated rings. The topological polar surface area (TPSA) is 18.5 Å². The molecule has 0 aromatic heterocycles. The minimum Gasteiger partial charge on any atom is -0.493 e. The van der Waals surface area contributed by atoms with Crippen LogP contribution in [-0.4, -0.2) is 13.0 Å². The van der Waals surface area contributed by atoms with Crippen molar-refractivity contribution < 1.29 is 27.0 Å². The van der Waals surface area contributed by atoms with Crippen molar-refractivity contribution in [2.24, 2.45) is 17.3 Å². The first-order valence-corrected chi connectivity index (χ1v) is 11.0. The van der Waals surface area contributed by atoms with Gasteiger partial charge in [0.15, 0.2) is 11.6 Å². The molecule has 2 aliphatic rings. The number of hydrogen-bond donors (Lipinski definition) is 0. The van der Waals surface area contributed by atoms with Gasteiger partial charge in [-0.25, -0.2) is 4.39 Å². The maximum atomic E-state index is 13.9. The summed E-state index contributed by atoms with van der Waals surface area (Å²) in [6.45, 7) is 2.65. The summed E-state index contributed by atoms with van der Waals surface area (Å²) in [4.78, 5) is 0. The number of hydrogen-bond acceptors (Lipinski definition) is 2. The van der Waals surface area contributed by atoms with Crippen molar-refractivity contribution >= 4 is 0 Å². The van der Waals surface area contributed by atoms with Gasteiger partial charge in [0.1, 0.15) is 5.75 Å². The molecule has 0 atom stereocenters. The van der Waals surface area contributed by atoms with Gasteiger partial charge in [0, 0.05) is 11.5 Å². The quantitative estimate of drug-likeness (QED) is 0.425. The molecular formula is C23H32F4O2. The Balaban J connectivity index is 1.57. The Morgan fingerprint density at radius 3 is 2.24 bits per heavy atom. The molecule has 0 spiro atoms. The summed E-state index contributed by atoms with van der Waals surface area (Å²) in [5.74, 6) is 0.0458. The predicted octanol–water partition coefficient (Wildman–Crippen LogP) is 7.66. The molecule has 0 amide bonds. The van der Waals surface area contributed by atoms with E-state index in [1.165, 1.54) is 51.0 Å². The fraction of sp³-hybridized carbons (Fsp3) is 0.739. The standard InChI is InChI=1S/C23H32F4O2/c1-2-12-22(13-10-18(11-14-22)17-6-4-3-5-7-17)16-28-19-8-9-21(20(24)15-19)29-23(25,26)27/h8-9,15,17-18H,2-7,10-14,16H2,1H3. The summed E-state index contributed by atoms with van der Waals surface area (Å²) in [5, 5.41) is 0. The normalized spacial score (nSPS) is 26.3. The molecule has 0 unspecified atom stereocenters. The highest BCUT2D eigenvalue weighted by Gasteiger charge is 2.38. The number of ether oxygens (including phenoxy) is 2. The molecule has 0 bridgehead atoms. The van der Waals surface area contributed by atoms with Crippen molar-refractivity contribution in [1.82, 2.24) is 0 Å². The third-order valence-electron chi connectivity index (χ3n) is 6.86. The SMILES string of the molecule is CCCC1(COc2ccc(OC(F)(F)F)c(F)c2)CCC(C2CCCCC2)CC1. The van der Waals surface area contributed by atoms with E-state index in [1.54, 1.807) is 0 Å². The summed E-state index contributed by atoms with van der Waals surface area (Å²) in [5.41, 5.74) is 0.0809. The molecule has 0 radical (unpaired) electrons. The predicted molar refractivity (Wildman–Crippen MR) is 104 cm³/mol. The van der Waals surface area contributed by atoms with Crippen LogP contribution in [0.1, 0.15) is 77.6 Å². The first kappa shape index (κ1) is 22.2. The van der Waals surface area contributed by atoms with Crippen LogP contribution < -0.4 is 9.47 Å². The first-order chi connectivity index (χ1) is 13.8. The van der Waals surface area contributed by atoms with Gasteiger partial charge in [-0.15, -0.1) is 13.2 Å². The van der Waals surface area contributed by atoms with Crippen molar-refractivity contribution in [3.8, 4) is 11.5 Å². The molecule has 0 heterocycles. The highest BCUT2D eigenvalue weighted by molar-refractivity contribution is 5.33. The van der Waals surface area contributed by atoms with Crippen LogP contribution in [0.25, 0.3) is 0 Å². The lowest BCUT2D eigenvalue weighted by atomic mass is 9.64. The maximum Gasteiger partial charge on any atom is 0.573 e. The van der Waals surface area contributed by atoms with E-state index in [0.29, 0.717) is 6.61 Å². The van der Waals surface area contributed by atoms with Crippen LogP contribution in [0.3, 0.4) is 0 Å². The average molecular weight is 416 g/mol. The van der Waals surface area contributed by atoms with E-state index in [9.17, 15) is 17.6 Å². The van der Waals surface area contributed by atoms with Crippen LogP contribution >= 0.6 is 0 Å². The summed E-state index contributed by atoms with van der Waals surface area (Å²) >= 11 is 0. The second kappa shape index (κ2) is 9.57. The van der Waals surface area contributed by atoms with Gasteiger partial charge in [0.25, 0.3) is 0 Å². The van der Waals surface area contributed by atoms with Crippen LogP contribution in [0.15, 0.2) is 18.2 Å². The van der Waals surface area contributed by atoms with Crippen molar-refractivity contribution in [2.75, 3.05) is 6.61 Å². The van der Waals surface area contributed by atoms with Crippen LogP contribution in [0.2, 0.25) is 0 Å². The van der Waals surface area contributed by atoms with Crippen LogP contribution in [-0.2, 0) is 0 Å². The highest BCUT2D eigenvalue weighted by Crippen LogP contribution is 2.47. The fourth-order valence-corrected chi connectivity index (χ4v) is 5.34. The fourth-order valence-electron chi connectivity index (χ4n) is 5.34. The second-order valence-corrected chi connectivity index (χ2v) is 8.91. The molecule has 6 heteroatoms. The van der Waals surface area contributed by atoms with Gasteiger partial charge >= 0.3 is 6.36 Å². The van der Waals surface area contributed by atoms with Crippen LogP contribution in [0, 0.1) is 23.1 Å². The lowest BCUT2D eigenvalue weighted by molar-refractivity contribution is -0.275. The summed E-state index contributed by atoms with van der Waals surface area (Å²) < 4.78 is 60.4. The van der Waals surface area contributed by atoms with E-state index in [-0.39, 0.29) is 11.2 Å². The third kappa shape index (κ3) is 6.26. The molecule has 29 heavy (non-hydrogen) atoms. The van der Waals surface area contributed by atoms with Crippen LogP contribution in [0.4, 0.5) is 17.6 Å². The Kier molecular flexibility index (Phi) is 7.33. The molecule has 1 aromatic rings. The largest absolute Gasteiger partial charge is 0.573 e. The van der Waals surface area contributed by atoms with Crippen molar-refractivity contribution in [3.63, 3.8) is 0 Å². The smallest absolute Gasteiger partial charge is 0.493 e. The van der Waals surface area contributed by atoms with E-state index in [4.69, 9.17) is 4.74 Å². The summed E-state index contributed by atoms with van der Waals surface area (Å²) in [6.07, 6.45) is 8.72. The van der Waals surface area contributed by atoms with Gasteiger partial charge < -0.3 is 9.47 Å². The monoisotopic (exact) mass is 416 g/mol. The minimum absolute atomic E-state index is 0.0809. The average Bonchev–Trinajstić information content (AvgIpc) is 2.69. The van der Waals surface area contributed by atoms with E-state index in [2.05, 4.69) is 11.7 Å². The zero-order valence-electron chi connectivity index (χ0n) is 17.2. The molecule has 0 saturated heterocycles. The maximum absolute atomic E-state index is 13.9. The van der Waals surface area contributed by atoms with E-state index in [1.807, 2.05) is 0 Å². The lowest BCUT2D eigenvalue weighted by Gasteiger charge is -2.43. The molecule has 2 nitrogen and oxygen atoms in total. The highest BCUT2D eigenvalue weighted by atomic mass is 19.4. The number of alkyl halides is 3. The lowest BCUT2D eigenvalue weighted by Crippen LogP contribution is -2.35. The van der Waals surface area contributed by atoms with E-state index >= 15 is 0 Å². The Bertz CT molecular complexity index is 645. The van der Waals surface area contributed by atoms with Gasteiger partial charge in [-0.3, -0.25) is 0 Å². The minimum atomic E-state index is -4.91. The summed E-state index contributed by atoms with van der Waals surface area (Å²) in [6, 6.07) is 3.30. The number of benzene rings is 1. The Morgan fingerprint density at radius 2 is 1.66 bits per heavy atom. The third-order valence-corrected chi connectivity index (χ3v) is 6.86. The van der Waals surface area contributed by atoms with Gasteiger partial charge in [0.05, 0.1) is 6.61 Å². The molecular weight excluding hydrogens is 384 g/mol. The molecule has 164 valence electrons. The van der Waals surface area contributed by atoms with Gasteiger partial charge in [0.2, 0.25) is 0 Å². The van der Waals surface area contributed by atoms with Gasteiger partial charge in [-0.1, -0.05) is 45.4 Å². The second-order valence-electron chi connectivity index (χ2n) is 8.91. The van der Waals surface area contributed by atoms with E-state index < -0.39 is 17.9 Å². The van der Waals surface area contributed by atoms with Gasteiger partial charge in [-0.05, 0) is 56.1 Å². The van der Waals surface area contributed by atoms with Crippen molar-refractivity contribution in [2.45, 2.75) is 83.9 Å². The van der Waals surface area contributed by atoms with Crippen molar-refractivity contribution in [3.05, 3.63) is 24.0 Å². The molecule has 0 aliphatic heterocycles. The summed E-state index contributed by atoms with van der Waals surface area (Å²) in [7, 11) is 0. The molecule has 2 saturated carbocycles. The zero-order chi connectivity index (χ0) is 20.9.